The Hall–Kier alpha value is -2.87. The van der Waals surface area contributed by atoms with Gasteiger partial charge in [0.2, 0.25) is 0 Å². The van der Waals surface area contributed by atoms with Crippen molar-refractivity contribution in [3.8, 4) is 11.5 Å². The van der Waals surface area contributed by atoms with E-state index in [0.29, 0.717) is 22.3 Å². The third kappa shape index (κ3) is 5.14. The van der Waals surface area contributed by atoms with Crippen LogP contribution in [0.2, 0.25) is 0 Å². The first-order valence-corrected chi connectivity index (χ1v) is 9.98. The zero-order valence-corrected chi connectivity index (χ0v) is 17.8. The molecule has 0 radical (unpaired) electrons. The van der Waals surface area contributed by atoms with Crippen LogP contribution in [-0.2, 0) is 13.0 Å². The van der Waals surface area contributed by atoms with Crippen LogP contribution in [0.5, 0.6) is 11.5 Å². The predicted octanol–water partition coefficient (Wildman–Crippen LogP) is 5.07. The molecule has 0 unspecified atom stereocenters. The summed E-state index contributed by atoms with van der Waals surface area (Å²) in [5.74, 6) is -0.676. The second kappa shape index (κ2) is 9.09. The van der Waals surface area contributed by atoms with Gasteiger partial charge in [0, 0.05) is 0 Å². The van der Waals surface area contributed by atoms with Crippen molar-refractivity contribution >= 4 is 34.3 Å². The predicted molar refractivity (Wildman–Crippen MR) is 118 cm³/mol. The molecule has 0 fully saturated rings. The zero-order valence-electron chi connectivity index (χ0n) is 15.7. The average molecular weight is 502 g/mol. The molecule has 3 aromatic rings. The molecule has 0 saturated heterocycles. The minimum Gasteiger partial charge on any atom is -0.506 e. The number of ketones is 1. The number of benzene rings is 3. The molecule has 0 heterocycles. The summed E-state index contributed by atoms with van der Waals surface area (Å²) in [6.45, 7) is 1.73. The normalized spacial score (nSPS) is 10.6. The third-order valence-electron chi connectivity index (χ3n) is 4.46. The summed E-state index contributed by atoms with van der Waals surface area (Å²) < 4.78 is 6.30. The lowest BCUT2D eigenvalue weighted by Gasteiger charge is -2.12. The van der Waals surface area contributed by atoms with Gasteiger partial charge in [0.15, 0.2) is 5.78 Å². The number of ether oxygens (including phenoxy) is 1. The van der Waals surface area contributed by atoms with Crippen LogP contribution in [-0.4, -0.2) is 22.0 Å². The number of aromatic hydroxyl groups is 1. The minimum absolute atomic E-state index is 0.0606. The fourth-order valence-electron chi connectivity index (χ4n) is 2.91. The van der Waals surface area contributed by atoms with E-state index in [1.807, 2.05) is 52.9 Å². The number of carbonyl (C=O) groups is 2. The number of rotatable bonds is 7. The van der Waals surface area contributed by atoms with Crippen LogP contribution in [0.3, 0.4) is 0 Å². The van der Waals surface area contributed by atoms with Crippen molar-refractivity contribution in [3.05, 3.63) is 92.1 Å². The summed E-state index contributed by atoms with van der Waals surface area (Å²) in [6.07, 6.45) is 0.639. The fourth-order valence-corrected chi connectivity index (χ4v) is 3.53. The lowest BCUT2D eigenvalue weighted by atomic mass is 10.0. The van der Waals surface area contributed by atoms with Crippen molar-refractivity contribution in [1.29, 1.82) is 0 Å². The molecule has 148 valence electrons. The lowest BCUT2D eigenvalue weighted by Crippen LogP contribution is -2.00. The highest BCUT2D eigenvalue weighted by Crippen LogP contribution is 2.33. The molecule has 0 atom stereocenters. The largest absolute Gasteiger partial charge is 0.506 e. The molecule has 0 saturated carbocycles. The second-order valence-corrected chi connectivity index (χ2v) is 7.70. The molecule has 2 N–H and O–H groups in total. The Balaban J connectivity index is 1.66. The summed E-state index contributed by atoms with van der Waals surface area (Å²) in [5, 5.41) is 19.2. The summed E-state index contributed by atoms with van der Waals surface area (Å²) in [6, 6.07) is 18.0. The summed E-state index contributed by atoms with van der Waals surface area (Å²) in [4.78, 5) is 22.6. The van der Waals surface area contributed by atoms with E-state index in [0.717, 1.165) is 16.7 Å². The Kier molecular flexibility index (Phi) is 6.53. The molecule has 0 aliphatic heterocycles. The van der Waals surface area contributed by atoms with Gasteiger partial charge in [-0.15, -0.1) is 0 Å². The third-order valence-corrected chi connectivity index (χ3v) is 5.50. The zero-order chi connectivity index (χ0) is 21.0. The number of Topliss-reactive ketones (excluding diaryl/α,β-unsaturated/α-hetero) is 1. The Morgan fingerprint density at radius 3 is 2.31 bits per heavy atom. The van der Waals surface area contributed by atoms with Crippen molar-refractivity contribution in [3.63, 3.8) is 0 Å². The Bertz CT molecular complexity index is 1060. The maximum absolute atomic E-state index is 11.5. The Morgan fingerprint density at radius 2 is 1.66 bits per heavy atom. The molecule has 0 amide bonds. The number of carboxylic acids is 1. The Labute approximate surface area is 182 Å². The van der Waals surface area contributed by atoms with Crippen LogP contribution in [0.15, 0.2) is 60.7 Å². The molecule has 0 aliphatic carbocycles. The second-order valence-electron chi connectivity index (χ2n) is 6.62. The molecule has 0 spiro atoms. The monoisotopic (exact) mass is 502 g/mol. The quantitative estimate of drug-likeness (QED) is 0.349. The van der Waals surface area contributed by atoms with Gasteiger partial charge >= 0.3 is 5.97 Å². The van der Waals surface area contributed by atoms with Gasteiger partial charge in [0.1, 0.15) is 18.1 Å². The van der Waals surface area contributed by atoms with Crippen LogP contribution >= 0.6 is 22.6 Å². The van der Waals surface area contributed by atoms with Crippen molar-refractivity contribution in [2.24, 2.45) is 0 Å². The van der Waals surface area contributed by atoms with Crippen LogP contribution in [0.1, 0.15) is 44.3 Å². The van der Waals surface area contributed by atoms with E-state index < -0.39 is 5.97 Å². The molecule has 0 aromatic heterocycles. The molecule has 3 aromatic carbocycles. The van der Waals surface area contributed by atoms with Gasteiger partial charge in [-0.1, -0.05) is 36.4 Å². The van der Waals surface area contributed by atoms with E-state index in [-0.39, 0.29) is 22.7 Å². The first-order chi connectivity index (χ1) is 13.8. The highest BCUT2D eigenvalue weighted by atomic mass is 127. The average Bonchev–Trinajstić information content (AvgIpc) is 2.70. The van der Waals surface area contributed by atoms with Crippen LogP contribution in [0, 0.1) is 3.57 Å². The number of carbonyl (C=O) groups excluding carboxylic acids is 1. The number of halogens is 1. The molecule has 29 heavy (non-hydrogen) atoms. The number of phenolic OH excluding ortho intramolecular Hbond substituents is 1. The number of carboxylic acid groups (broad SMARTS) is 1. The maximum atomic E-state index is 11.5. The van der Waals surface area contributed by atoms with Crippen molar-refractivity contribution in [2.45, 2.75) is 20.0 Å². The fraction of sp³-hybridized carbons (Fsp3) is 0.130. The summed E-state index contributed by atoms with van der Waals surface area (Å²) >= 11 is 1.96. The van der Waals surface area contributed by atoms with Gasteiger partial charge in [-0.25, -0.2) is 4.79 Å². The van der Waals surface area contributed by atoms with Crippen molar-refractivity contribution in [1.82, 2.24) is 0 Å². The van der Waals surface area contributed by atoms with Crippen LogP contribution < -0.4 is 4.74 Å². The molecule has 6 heteroatoms. The first kappa shape index (κ1) is 20.9. The van der Waals surface area contributed by atoms with E-state index in [4.69, 9.17) is 9.84 Å². The first-order valence-electron chi connectivity index (χ1n) is 8.90. The molecule has 0 aliphatic rings. The number of hydrogen-bond acceptors (Lipinski definition) is 4. The van der Waals surface area contributed by atoms with Gasteiger partial charge < -0.3 is 14.9 Å². The highest BCUT2D eigenvalue weighted by molar-refractivity contribution is 14.1. The van der Waals surface area contributed by atoms with Gasteiger partial charge in [-0.05, 0) is 76.9 Å². The molecule has 5 nitrogen and oxygen atoms in total. The maximum Gasteiger partial charge on any atom is 0.335 e. The van der Waals surface area contributed by atoms with Crippen LogP contribution in [0.25, 0.3) is 0 Å². The lowest BCUT2D eigenvalue weighted by molar-refractivity contribution is 0.0696. The highest BCUT2D eigenvalue weighted by Gasteiger charge is 2.14. The SMILES string of the molecule is CC(=O)c1ccc(OCc2ccc(Cc3cccc(C(=O)O)c3)cc2)c(I)c1O. The topological polar surface area (TPSA) is 83.8 Å². The van der Waals surface area contributed by atoms with E-state index >= 15 is 0 Å². The number of phenols is 1. The molecule has 3 rings (SSSR count). The molecular formula is C23H19IO5. The molecule has 0 bridgehead atoms. The number of hydrogen-bond donors (Lipinski definition) is 2. The van der Waals surface area contributed by atoms with Gasteiger partial charge in [-0.2, -0.15) is 0 Å². The van der Waals surface area contributed by atoms with Gasteiger partial charge in [0.25, 0.3) is 0 Å². The van der Waals surface area contributed by atoms with E-state index in [2.05, 4.69) is 0 Å². The molecular weight excluding hydrogens is 483 g/mol. The smallest absolute Gasteiger partial charge is 0.335 e. The summed E-state index contributed by atoms with van der Waals surface area (Å²) in [7, 11) is 0. The summed E-state index contributed by atoms with van der Waals surface area (Å²) in [5.41, 5.74) is 3.51. The standard InChI is InChI=1S/C23H19IO5/c1-14(25)19-9-10-20(21(24)22(19)26)29-13-16-7-5-15(6-8-16)11-17-3-2-4-18(12-17)23(27)28/h2-10,12,26H,11,13H2,1H3,(H,27,28). The van der Waals surface area contributed by atoms with E-state index in [9.17, 15) is 14.7 Å². The minimum atomic E-state index is -0.934. The van der Waals surface area contributed by atoms with E-state index in [1.54, 1.807) is 30.3 Å². The number of aromatic carboxylic acids is 1. The van der Waals surface area contributed by atoms with Crippen LogP contribution in [0.4, 0.5) is 0 Å². The van der Waals surface area contributed by atoms with Gasteiger partial charge in [-0.3, -0.25) is 4.79 Å². The van der Waals surface area contributed by atoms with Crippen molar-refractivity contribution in [2.75, 3.05) is 0 Å². The Morgan fingerprint density at radius 1 is 0.966 bits per heavy atom. The van der Waals surface area contributed by atoms with Gasteiger partial charge in [0.05, 0.1) is 14.7 Å². The van der Waals surface area contributed by atoms with Crippen molar-refractivity contribution < 1.29 is 24.5 Å². The van der Waals surface area contributed by atoms with E-state index in [1.165, 1.54) is 6.92 Å².